The van der Waals surface area contributed by atoms with Crippen molar-refractivity contribution in [3.8, 4) is 0 Å². The first kappa shape index (κ1) is 13.6. The van der Waals surface area contributed by atoms with Gasteiger partial charge in [0.25, 0.3) is 5.91 Å². The molecule has 0 bridgehead atoms. The lowest BCUT2D eigenvalue weighted by molar-refractivity contribution is 0.0949. The van der Waals surface area contributed by atoms with Crippen molar-refractivity contribution in [2.45, 2.75) is 13.5 Å². The van der Waals surface area contributed by atoms with Gasteiger partial charge in [-0.15, -0.1) is 0 Å². The molecule has 0 saturated heterocycles. The van der Waals surface area contributed by atoms with E-state index in [9.17, 15) is 4.79 Å². The molecule has 0 aliphatic heterocycles. The van der Waals surface area contributed by atoms with Crippen molar-refractivity contribution in [2.75, 3.05) is 0 Å². The van der Waals surface area contributed by atoms with Crippen molar-refractivity contribution in [1.29, 1.82) is 0 Å². The van der Waals surface area contributed by atoms with E-state index >= 15 is 0 Å². The molecule has 0 radical (unpaired) electrons. The van der Waals surface area contributed by atoms with Gasteiger partial charge in [0, 0.05) is 12.4 Å². The summed E-state index contributed by atoms with van der Waals surface area (Å²) >= 11 is 0. The highest BCUT2D eigenvalue weighted by Crippen LogP contribution is 2.04. The molecule has 0 fully saturated rings. The second kappa shape index (κ2) is 6.37. The van der Waals surface area contributed by atoms with Crippen LogP contribution in [0.3, 0.4) is 0 Å². The number of hydrogen-bond acceptors (Lipinski definition) is 6. The average Bonchev–Trinajstić information content (AvgIpc) is 2.46. The highest BCUT2D eigenvalue weighted by molar-refractivity contribution is 5.95. The zero-order valence-corrected chi connectivity index (χ0v) is 10.8. The van der Waals surface area contributed by atoms with Gasteiger partial charge in [-0.1, -0.05) is 11.2 Å². The Bertz CT molecular complexity index is 628. The lowest BCUT2D eigenvalue weighted by Crippen LogP contribution is -2.24. The fourth-order valence-corrected chi connectivity index (χ4v) is 1.59. The average molecular weight is 271 g/mol. The quantitative estimate of drug-likeness (QED) is 0.489. The molecule has 0 saturated carbocycles. The highest BCUT2D eigenvalue weighted by atomic mass is 16.4. The van der Waals surface area contributed by atoms with E-state index in [1.165, 1.54) is 6.20 Å². The van der Waals surface area contributed by atoms with Gasteiger partial charge in [-0.2, -0.15) is 0 Å². The van der Waals surface area contributed by atoms with Crippen molar-refractivity contribution in [2.24, 2.45) is 5.16 Å². The second-order valence-corrected chi connectivity index (χ2v) is 3.98. The zero-order chi connectivity index (χ0) is 14.4. The molecule has 2 heterocycles. The first-order valence-electron chi connectivity index (χ1n) is 5.90. The van der Waals surface area contributed by atoms with Crippen LogP contribution in [0, 0.1) is 6.92 Å². The molecule has 2 aromatic heterocycles. The number of amides is 1. The maximum atomic E-state index is 12.0. The van der Waals surface area contributed by atoms with Crippen molar-refractivity contribution >= 4 is 12.1 Å². The molecule has 0 aliphatic carbocycles. The standard InChI is InChI=1S/C13H13N5O2/c1-9-11(7-15-12(18-9)8-17-20)13(19)16-6-10-4-2-3-5-14-10/h2-5,7-8,20H,6H2,1H3,(H,16,19)/b17-8-. The predicted molar refractivity (Wildman–Crippen MR) is 71.6 cm³/mol. The number of aryl methyl sites for hydroxylation is 1. The van der Waals surface area contributed by atoms with Crippen molar-refractivity contribution < 1.29 is 10.0 Å². The van der Waals surface area contributed by atoms with Crippen LogP contribution in [0.15, 0.2) is 35.7 Å². The SMILES string of the molecule is Cc1nc(/C=N\O)ncc1C(=O)NCc1ccccn1. The largest absolute Gasteiger partial charge is 0.411 e. The minimum Gasteiger partial charge on any atom is -0.411 e. The summed E-state index contributed by atoms with van der Waals surface area (Å²) in [7, 11) is 0. The summed E-state index contributed by atoms with van der Waals surface area (Å²) in [6, 6.07) is 5.49. The minimum absolute atomic E-state index is 0.242. The van der Waals surface area contributed by atoms with Crippen LogP contribution in [0.4, 0.5) is 0 Å². The van der Waals surface area contributed by atoms with E-state index in [4.69, 9.17) is 5.21 Å². The summed E-state index contributed by atoms with van der Waals surface area (Å²) in [5.41, 5.74) is 1.65. The van der Waals surface area contributed by atoms with Gasteiger partial charge in [-0.3, -0.25) is 9.78 Å². The fourth-order valence-electron chi connectivity index (χ4n) is 1.59. The van der Waals surface area contributed by atoms with E-state index in [2.05, 4.69) is 25.4 Å². The van der Waals surface area contributed by atoms with E-state index in [0.717, 1.165) is 11.9 Å². The van der Waals surface area contributed by atoms with Crippen molar-refractivity contribution in [3.05, 3.63) is 53.4 Å². The highest BCUT2D eigenvalue weighted by Gasteiger charge is 2.11. The lowest BCUT2D eigenvalue weighted by Gasteiger charge is -2.06. The summed E-state index contributed by atoms with van der Waals surface area (Å²) < 4.78 is 0. The van der Waals surface area contributed by atoms with Gasteiger partial charge < -0.3 is 10.5 Å². The van der Waals surface area contributed by atoms with Crippen molar-refractivity contribution in [1.82, 2.24) is 20.3 Å². The van der Waals surface area contributed by atoms with E-state index < -0.39 is 0 Å². The number of nitrogens with one attached hydrogen (secondary N) is 1. The van der Waals surface area contributed by atoms with Gasteiger partial charge in [-0.25, -0.2) is 9.97 Å². The Morgan fingerprint density at radius 2 is 2.30 bits per heavy atom. The molecule has 102 valence electrons. The number of rotatable bonds is 4. The molecule has 0 aromatic carbocycles. The van der Waals surface area contributed by atoms with Gasteiger partial charge in [0.2, 0.25) is 0 Å². The van der Waals surface area contributed by atoms with Crippen LogP contribution in [0.25, 0.3) is 0 Å². The molecular formula is C13H13N5O2. The Kier molecular flexibility index (Phi) is 4.33. The van der Waals surface area contributed by atoms with Crippen LogP contribution in [0.5, 0.6) is 0 Å². The third-order valence-electron chi connectivity index (χ3n) is 2.57. The molecule has 20 heavy (non-hydrogen) atoms. The van der Waals surface area contributed by atoms with Gasteiger partial charge in [0.1, 0.15) is 6.21 Å². The number of carbonyl (C=O) groups excluding carboxylic acids is 1. The fraction of sp³-hybridized carbons (Fsp3) is 0.154. The topological polar surface area (TPSA) is 100 Å². The maximum absolute atomic E-state index is 12.0. The Hall–Kier alpha value is -2.83. The summed E-state index contributed by atoms with van der Waals surface area (Å²) in [5.74, 6) is -0.0353. The number of aromatic nitrogens is 3. The normalized spacial score (nSPS) is 10.7. The molecule has 0 aliphatic rings. The van der Waals surface area contributed by atoms with Gasteiger partial charge in [0.15, 0.2) is 5.82 Å². The van der Waals surface area contributed by atoms with E-state index in [1.807, 2.05) is 18.2 Å². The van der Waals surface area contributed by atoms with Crippen LogP contribution in [-0.2, 0) is 6.54 Å². The van der Waals surface area contributed by atoms with Crippen LogP contribution in [-0.4, -0.2) is 32.3 Å². The number of pyridine rings is 1. The summed E-state index contributed by atoms with van der Waals surface area (Å²) in [4.78, 5) is 24.1. The molecule has 0 spiro atoms. The Balaban J connectivity index is 2.06. The van der Waals surface area contributed by atoms with E-state index in [0.29, 0.717) is 17.8 Å². The monoisotopic (exact) mass is 271 g/mol. The van der Waals surface area contributed by atoms with Crippen molar-refractivity contribution in [3.63, 3.8) is 0 Å². The molecule has 2 N–H and O–H groups in total. The molecule has 2 rings (SSSR count). The third kappa shape index (κ3) is 3.35. The lowest BCUT2D eigenvalue weighted by atomic mass is 10.2. The zero-order valence-electron chi connectivity index (χ0n) is 10.8. The van der Waals surface area contributed by atoms with Crippen LogP contribution in [0.2, 0.25) is 0 Å². The molecule has 2 aromatic rings. The maximum Gasteiger partial charge on any atom is 0.255 e. The Labute approximate surface area is 115 Å². The summed E-state index contributed by atoms with van der Waals surface area (Å²) in [6.45, 7) is 2.02. The molecule has 0 unspecified atom stereocenters. The van der Waals surface area contributed by atoms with E-state index in [-0.39, 0.29) is 11.7 Å². The summed E-state index contributed by atoms with van der Waals surface area (Å²) in [5, 5.41) is 14.0. The number of carbonyl (C=O) groups is 1. The Morgan fingerprint density at radius 1 is 1.45 bits per heavy atom. The van der Waals surface area contributed by atoms with Gasteiger partial charge >= 0.3 is 0 Å². The molecule has 0 atom stereocenters. The van der Waals surface area contributed by atoms with Crippen LogP contribution >= 0.6 is 0 Å². The molecule has 7 nitrogen and oxygen atoms in total. The number of nitrogens with zero attached hydrogens (tertiary/aromatic N) is 4. The first-order valence-corrected chi connectivity index (χ1v) is 5.90. The van der Waals surface area contributed by atoms with E-state index in [1.54, 1.807) is 13.1 Å². The second-order valence-electron chi connectivity index (χ2n) is 3.98. The third-order valence-corrected chi connectivity index (χ3v) is 2.57. The van der Waals surface area contributed by atoms with Gasteiger partial charge in [-0.05, 0) is 19.1 Å². The minimum atomic E-state index is -0.277. The molecule has 7 heteroatoms. The summed E-state index contributed by atoms with van der Waals surface area (Å²) in [6.07, 6.45) is 4.16. The van der Waals surface area contributed by atoms with Gasteiger partial charge in [0.05, 0.1) is 23.5 Å². The first-order chi connectivity index (χ1) is 9.70. The number of oxime groups is 1. The smallest absolute Gasteiger partial charge is 0.255 e. The van der Waals surface area contributed by atoms with Crippen LogP contribution in [0.1, 0.15) is 27.6 Å². The predicted octanol–water partition coefficient (Wildman–Crippen LogP) is 0.918. The molecule has 1 amide bonds. The Morgan fingerprint density at radius 3 is 2.95 bits per heavy atom. The number of hydrogen-bond donors (Lipinski definition) is 2. The van der Waals surface area contributed by atoms with Crippen LogP contribution < -0.4 is 5.32 Å². The molecular weight excluding hydrogens is 258 g/mol.